The molecule has 0 amide bonds. The van der Waals surface area contributed by atoms with E-state index in [1.54, 1.807) is 24.4 Å². The molecule has 0 spiro atoms. The summed E-state index contributed by atoms with van der Waals surface area (Å²) in [5.74, 6) is 1.61. The monoisotopic (exact) mass is 431 g/mol. The minimum Gasteiger partial charge on any atom is -0.354 e. The van der Waals surface area contributed by atoms with E-state index >= 15 is 0 Å². The van der Waals surface area contributed by atoms with Gasteiger partial charge in [0, 0.05) is 45.5 Å². The van der Waals surface area contributed by atoms with Crippen molar-refractivity contribution in [3.05, 3.63) is 30.5 Å². The molecule has 152 valence electrons. The molecule has 11 heteroatoms. The predicted molar refractivity (Wildman–Crippen MR) is 112 cm³/mol. The summed E-state index contributed by atoms with van der Waals surface area (Å²) in [4.78, 5) is 13.7. The summed E-state index contributed by atoms with van der Waals surface area (Å²) < 4.78 is 36.2. The van der Waals surface area contributed by atoms with Gasteiger partial charge in [0.25, 0.3) is 0 Å². The first kappa shape index (κ1) is 18.6. The van der Waals surface area contributed by atoms with Gasteiger partial charge in [0.15, 0.2) is 0 Å². The van der Waals surface area contributed by atoms with Crippen molar-refractivity contribution in [3.8, 4) is 0 Å². The predicted octanol–water partition coefficient (Wildman–Crippen LogP) is 1.59. The van der Waals surface area contributed by atoms with Crippen LogP contribution in [-0.4, -0.2) is 70.7 Å². The van der Waals surface area contributed by atoms with Crippen LogP contribution in [0.5, 0.6) is 0 Å². The van der Waals surface area contributed by atoms with E-state index in [4.69, 9.17) is 4.98 Å². The van der Waals surface area contributed by atoms with Crippen LogP contribution in [-0.2, 0) is 10.0 Å². The maximum absolute atomic E-state index is 13.2. The summed E-state index contributed by atoms with van der Waals surface area (Å²) in [5, 5.41) is 0. The highest BCUT2D eigenvalue weighted by Crippen LogP contribution is 2.26. The van der Waals surface area contributed by atoms with Gasteiger partial charge in [-0.2, -0.15) is 18.0 Å². The van der Waals surface area contributed by atoms with Gasteiger partial charge in [-0.25, -0.2) is 13.4 Å². The first-order valence-electron chi connectivity index (χ1n) is 9.67. The number of anilines is 2. The fourth-order valence-corrected chi connectivity index (χ4v) is 6.05. The number of aromatic nitrogens is 4. The van der Waals surface area contributed by atoms with Gasteiger partial charge in [-0.3, -0.25) is 0 Å². The Hall–Kier alpha value is -2.37. The van der Waals surface area contributed by atoms with E-state index in [0.29, 0.717) is 37.2 Å². The average molecular weight is 432 g/mol. The summed E-state index contributed by atoms with van der Waals surface area (Å²) in [6.07, 6.45) is 4.13. The molecule has 0 N–H and O–H groups in total. The van der Waals surface area contributed by atoms with Crippen molar-refractivity contribution < 1.29 is 8.42 Å². The molecule has 0 atom stereocenters. The van der Waals surface area contributed by atoms with Gasteiger partial charge in [0.2, 0.25) is 16.0 Å². The molecule has 0 radical (unpaired) electrons. The second kappa shape index (κ2) is 7.47. The maximum Gasteiger partial charge on any atom is 0.245 e. The molecule has 2 saturated heterocycles. The standard InChI is InChI=1S/C18H21N7O2S2/c26-29(27,15-5-3-4-14-17(15)22-28-21-14)25-12-10-23(11-13-25)16-6-7-19-18(20-16)24-8-1-2-9-24/h3-7H,1-2,8-13H2. The molecule has 2 aliphatic rings. The third-order valence-electron chi connectivity index (χ3n) is 5.45. The van der Waals surface area contributed by atoms with Gasteiger partial charge in [-0.15, -0.1) is 0 Å². The van der Waals surface area contributed by atoms with Crippen molar-refractivity contribution in [1.29, 1.82) is 0 Å². The zero-order valence-electron chi connectivity index (χ0n) is 15.8. The van der Waals surface area contributed by atoms with Crippen molar-refractivity contribution >= 4 is 44.6 Å². The van der Waals surface area contributed by atoms with E-state index in [0.717, 1.165) is 36.6 Å². The lowest BCUT2D eigenvalue weighted by molar-refractivity contribution is 0.384. The number of hydrogen-bond acceptors (Lipinski definition) is 9. The first-order valence-corrected chi connectivity index (χ1v) is 11.8. The maximum atomic E-state index is 13.2. The summed E-state index contributed by atoms with van der Waals surface area (Å²) in [6, 6.07) is 7.00. The molecular formula is C18H21N7O2S2. The Balaban J connectivity index is 1.33. The van der Waals surface area contributed by atoms with Gasteiger partial charge >= 0.3 is 0 Å². The van der Waals surface area contributed by atoms with Crippen molar-refractivity contribution in [2.24, 2.45) is 0 Å². The smallest absolute Gasteiger partial charge is 0.245 e. The molecule has 29 heavy (non-hydrogen) atoms. The summed E-state index contributed by atoms with van der Waals surface area (Å²) in [5.41, 5.74) is 1.07. The summed E-state index contributed by atoms with van der Waals surface area (Å²) >= 11 is 1.03. The van der Waals surface area contributed by atoms with E-state index in [1.807, 2.05) is 6.07 Å². The number of nitrogens with zero attached hydrogens (tertiary/aromatic N) is 7. The van der Waals surface area contributed by atoms with Crippen LogP contribution in [0.4, 0.5) is 11.8 Å². The Bertz CT molecular complexity index is 1120. The Morgan fingerprint density at radius 3 is 2.48 bits per heavy atom. The Morgan fingerprint density at radius 2 is 1.69 bits per heavy atom. The van der Waals surface area contributed by atoms with Crippen LogP contribution in [0.15, 0.2) is 35.4 Å². The first-order chi connectivity index (χ1) is 14.1. The van der Waals surface area contributed by atoms with Gasteiger partial charge in [-0.05, 0) is 31.0 Å². The SMILES string of the molecule is O=S(=O)(c1cccc2nsnc12)N1CCN(c2ccnc(N3CCCC3)n2)CC1. The molecule has 3 aromatic rings. The van der Waals surface area contributed by atoms with Crippen molar-refractivity contribution in [3.63, 3.8) is 0 Å². The average Bonchev–Trinajstić information content (AvgIpc) is 3.45. The number of sulfonamides is 1. The van der Waals surface area contributed by atoms with Gasteiger partial charge in [-0.1, -0.05) is 6.07 Å². The van der Waals surface area contributed by atoms with Crippen LogP contribution in [0, 0.1) is 0 Å². The second-order valence-corrected chi connectivity index (χ2v) is 9.62. The molecule has 9 nitrogen and oxygen atoms in total. The van der Waals surface area contributed by atoms with Crippen molar-refractivity contribution in [1.82, 2.24) is 23.0 Å². The Morgan fingerprint density at radius 1 is 0.897 bits per heavy atom. The zero-order valence-corrected chi connectivity index (χ0v) is 17.4. The Labute approximate surface area is 173 Å². The molecule has 4 heterocycles. The minimum atomic E-state index is -3.62. The van der Waals surface area contributed by atoms with Crippen LogP contribution < -0.4 is 9.80 Å². The zero-order chi connectivity index (χ0) is 19.8. The molecule has 2 aliphatic heterocycles. The lowest BCUT2D eigenvalue weighted by atomic mass is 10.3. The van der Waals surface area contributed by atoms with Crippen molar-refractivity contribution in [2.75, 3.05) is 49.1 Å². The van der Waals surface area contributed by atoms with Crippen LogP contribution >= 0.6 is 11.7 Å². The summed E-state index contributed by atoms with van der Waals surface area (Å²) in [7, 11) is -3.62. The lowest BCUT2D eigenvalue weighted by Gasteiger charge is -2.34. The van der Waals surface area contributed by atoms with Crippen LogP contribution in [0.2, 0.25) is 0 Å². The van der Waals surface area contributed by atoms with Crippen LogP contribution in [0.3, 0.4) is 0 Å². The van der Waals surface area contributed by atoms with Gasteiger partial charge < -0.3 is 9.80 Å². The molecule has 2 aromatic heterocycles. The van der Waals surface area contributed by atoms with E-state index in [-0.39, 0.29) is 4.90 Å². The van der Waals surface area contributed by atoms with E-state index in [2.05, 4.69) is 23.5 Å². The van der Waals surface area contributed by atoms with Gasteiger partial charge in [0.05, 0.1) is 11.7 Å². The van der Waals surface area contributed by atoms with Crippen molar-refractivity contribution in [2.45, 2.75) is 17.7 Å². The fraction of sp³-hybridized carbons (Fsp3) is 0.444. The molecule has 2 fully saturated rings. The number of piperazine rings is 1. The van der Waals surface area contributed by atoms with Gasteiger partial charge in [0.1, 0.15) is 21.7 Å². The minimum absolute atomic E-state index is 0.232. The highest BCUT2D eigenvalue weighted by Gasteiger charge is 2.31. The third-order valence-corrected chi connectivity index (χ3v) is 7.92. The summed E-state index contributed by atoms with van der Waals surface area (Å²) in [6.45, 7) is 3.96. The number of fused-ring (bicyclic) bond motifs is 1. The number of rotatable bonds is 4. The number of benzene rings is 1. The van der Waals surface area contributed by atoms with Crippen LogP contribution in [0.25, 0.3) is 11.0 Å². The Kier molecular flexibility index (Phi) is 4.80. The molecule has 0 saturated carbocycles. The van der Waals surface area contributed by atoms with E-state index in [9.17, 15) is 8.42 Å². The largest absolute Gasteiger partial charge is 0.354 e. The van der Waals surface area contributed by atoms with E-state index < -0.39 is 10.0 Å². The topological polar surface area (TPSA) is 95.4 Å². The van der Waals surface area contributed by atoms with Crippen LogP contribution in [0.1, 0.15) is 12.8 Å². The number of hydrogen-bond donors (Lipinski definition) is 0. The molecule has 0 bridgehead atoms. The highest BCUT2D eigenvalue weighted by atomic mass is 32.2. The quantitative estimate of drug-likeness (QED) is 0.615. The second-order valence-electron chi connectivity index (χ2n) is 7.19. The lowest BCUT2D eigenvalue weighted by Crippen LogP contribution is -2.49. The molecular weight excluding hydrogens is 410 g/mol. The molecule has 5 rings (SSSR count). The third kappa shape index (κ3) is 3.43. The molecule has 0 unspecified atom stereocenters. The fourth-order valence-electron chi connectivity index (χ4n) is 3.87. The molecule has 0 aliphatic carbocycles. The molecule has 1 aromatic carbocycles. The van der Waals surface area contributed by atoms with E-state index in [1.165, 1.54) is 17.1 Å². The highest BCUT2D eigenvalue weighted by molar-refractivity contribution is 7.89. The normalized spacial score (nSPS) is 18.6.